The first-order valence-electron chi connectivity index (χ1n) is 6.67. The molecule has 9 N–H and O–H groups in total. The van der Waals surface area contributed by atoms with E-state index in [0.717, 1.165) is 0 Å². The molecule has 9 nitrogen and oxygen atoms in total. The molecule has 0 aromatic carbocycles. The molecule has 0 aliphatic carbocycles. The van der Waals surface area contributed by atoms with Crippen molar-refractivity contribution >= 4 is 19.2 Å². The maximum absolute atomic E-state index is 11.8. The van der Waals surface area contributed by atoms with Crippen LogP contribution < -0.4 is 22.5 Å². The number of amides is 1. The van der Waals surface area contributed by atoms with Gasteiger partial charge in [-0.25, -0.2) is 4.79 Å². The molecule has 0 aliphatic rings. The van der Waals surface area contributed by atoms with Crippen LogP contribution in [-0.2, 0) is 14.2 Å². The lowest BCUT2D eigenvalue weighted by Gasteiger charge is -2.22. The van der Waals surface area contributed by atoms with E-state index in [1.807, 2.05) is 0 Å². The standard InChI is InChI=1S/C11H25N4O5P/c1-7(13)21(19,20)6-9(11(17)18)15-10(16)8(14)4-2-3-5-12/h7-9H,2-6,12-14H2,1H3,(H,15,16)(H,17,18)(H,19,20)/t7?,8-,9?/m1/s1. The molecule has 0 aromatic rings. The van der Waals surface area contributed by atoms with Gasteiger partial charge in [-0.15, -0.1) is 0 Å². The van der Waals surface area contributed by atoms with Crippen LogP contribution in [0.5, 0.6) is 0 Å². The normalized spacial score (nSPS) is 18.3. The number of carbonyl (C=O) groups excluding carboxylic acids is 1. The highest BCUT2D eigenvalue weighted by molar-refractivity contribution is 7.58. The maximum atomic E-state index is 11.8. The summed E-state index contributed by atoms with van der Waals surface area (Å²) < 4.78 is 11.8. The molecule has 21 heavy (non-hydrogen) atoms. The van der Waals surface area contributed by atoms with E-state index in [-0.39, 0.29) is 0 Å². The zero-order chi connectivity index (χ0) is 16.6. The average molecular weight is 324 g/mol. The Morgan fingerprint density at radius 1 is 1.29 bits per heavy atom. The molecule has 0 spiro atoms. The van der Waals surface area contributed by atoms with Crippen LogP contribution in [0.4, 0.5) is 0 Å². The van der Waals surface area contributed by atoms with Crippen molar-refractivity contribution in [2.45, 2.75) is 44.1 Å². The van der Waals surface area contributed by atoms with Gasteiger partial charge in [0, 0.05) is 0 Å². The Balaban J connectivity index is 4.61. The van der Waals surface area contributed by atoms with Gasteiger partial charge in [-0.05, 0) is 26.3 Å². The molecule has 10 heteroatoms. The van der Waals surface area contributed by atoms with Gasteiger partial charge in [0.15, 0.2) is 0 Å². The Morgan fingerprint density at radius 2 is 1.86 bits per heavy atom. The SMILES string of the molecule is CC(N)P(=O)(O)CC(NC(=O)[C@H](N)CCCCN)C(=O)O. The molecule has 1 amide bonds. The van der Waals surface area contributed by atoms with E-state index < -0.39 is 43.3 Å². The number of unbranched alkanes of at least 4 members (excludes halogenated alkanes) is 1. The van der Waals surface area contributed by atoms with Gasteiger partial charge in [-0.3, -0.25) is 9.36 Å². The van der Waals surface area contributed by atoms with Crippen molar-refractivity contribution in [3.05, 3.63) is 0 Å². The van der Waals surface area contributed by atoms with Crippen LogP contribution in [0.25, 0.3) is 0 Å². The minimum Gasteiger partial charge on any atom is -0.480 e. The fourth-order valence-electron chi connectivity index (χ4n) is 1.53. The van der Waals surface area contributed by atoms with E-state index in [1.54, 1.807) is 0 Å². The molecule has 0 saturated carbocycles. The number of carboxylic acid groups (broad SMARTS) is 1. The first kappa shape index (κ1) is 20.0. The first-order chi connectivity index (χ1) is 9.61. The van der Waals surface area contributed by atoms with Crippen molar-refractivity contribution in [2.24, 2.45) is 17.2 Å². The highest BCUT2D eigenvalue weighted by Crippen LogP contribution is 2.44. The van der Waals surface area contributed by atoms with Gasteiger partial charge in [0.05, 0.1) is 18.0 Å². The quantitative estimate of drug-likeness (QED) is 0.209. The summed E-state index contributed by atoms with van der Waals surface area (Å²) in [5.74, 6) is -3.16. The molecule has 0 bridgehead atoms. The molecule has 0 heterocycles. The molecular weight excluding hydrogens is 299 g/mol. The van der Waals surface area contributed by atoms with Crippen LogP contribution in [-0.4, -0.2) is 52.4 Å². The van der Waals surface area contributed by atoms with E-state index in [4.69, 9.17) is 22.3 Å². The number of carbonyl (C=O) groups is 2. The Morgan fingerprint density at radius 3 is 2.29 bits per heavy atom. The van der Waals surface area contributed by atoms with Crippen LogP contribution in [0, 0.1) is 0 Å². The Kier molecular flexibility index (Phi) is 8.68. The van der Waals surface area contributed by atoms with Gasteiger partial charge in [0.2, 0.25) is 13.3 Å². The van der Waals surface area contributed by atoms with Crippen molar-refractivity contribution < 1.29 is 24.2 Å². The fourth-order valence-corrected chi connectivity index (χ4v) is 2.63. The van der Waals surface area contributed by atoms with Crippen molar-refractivity contribution in [3.8, 4) is 0 Å². The smallest absolute Gasteiger partial charge is 0.326 e. The highest BCUT2D eigenvalue weighted by Gasteiger charge is 2.33. The zero-order valence-corrected chi connectivity index (χ0v) is 13.0. The summed E-state index contributed by atoms with van der Waals surface area (Å²) in [4.78, 5) is 32.5. The molecular formula is C11H25N4O5P. The third-order valence-corrected chi connectivity index (χ3v) is 5.16. The van der Waals surface area contributed by atoms with Gasteiger partial charge in [-0.1, -0.05) is 6.42 Å². The number of nitrogens with two attached hydrogens (primary N) is 3. The molecule has 0 rings (SSSR count). The van der Waals surface area contributed by atoms with Gasteiger partial charge in [-0.2, -0.15) is 0 Å². The lowest BCUT2D eigenvalue weighted by atomic mass is 10.1. The predicted octanol–water partition coefficient (Wildman–Crippen LogP) is -1.41. The van der Waals surface area contributed by atoms with Crippen LogP contribution in [0.1, 0.15) is 26.2 Å². The number of nitrogens with one attached hydrogen (secondary N) is 1. The Bertz CT molecular complexity index is 404. The molecule has 3 unspecified atom stereocenters. The summed E-state index contributed by atoms with van der Waals surface area (Å²) in [7, 11) is -3.86. The van der Waals surface area contributed by atoms with Crippen LogP contribution in [0.15, 0.2) is 0 Å². The molecule has 0 aromatic heterocycles. The Labute approximate surface area is 123 Å². The van der Waals surface area contributed by atoms with Crippen LogP contribution >= 0.6 is 7.37 Å². The van der Waals surface area contributed by atoms with Crippen LogP contribution in [0.2, 0.25) is 0 Å². The summed E-state index contributed by atoms with van der Waals surface area (Å²) in [6.07, 6.45) is 1.07. The van der Waals surface area contributed by atoms with Gasteiger partial charge < -0.3 is 32.5 Å². The van der Waals surface area contributed by atoms with Gasteiger partial charge in [0.25, 0.3) is 0 Å². The second-order valence-corrected chi connectivity index (χ2v) is 7.66. The number of hydrogen-bond donors (Lipinski definition) is 6. The van der Waals surface area contributed by atoms with Crippen LogP contribution in [0.3, 0.4) is 0 Å². The molecule has 0 saturated heterocycles. The maximum Gasteiger partial charge on any atom is 0.326 e. The second-order valence-electron chi connectivity index (χ2n) is 4.97. The van der Waals surface area contributed by atoms with Crippen molar-refractivity contribution in [1.29, 1.82) is 0 Å². The number of hydrogen-bond acceptors (Lipinski definition) is 6. The molecule has 0 aliphatic heterocycles. The minimum atomic E-state index is -3.86. The zero-order valence-electron chi connectivity index (χ0n) is 12.1. The average Bonchev–Trinajstić information content (AvgIpc) is 2.37. The third-order valence-electron chi connectivity index (χ3n) is 3.00. The highest BCUT2D eigenvalue weighted by atomic mass is 31.2. The summed E-state index contributed by atoms with van der Waals surface area (Å²) in [6, 6.07) is -2.38. The van der Waals surface area contributed by atoms with E-state index in [2.05, 4.69) is 5.32 Å². The summed E-state index contributed by atoms with van der Waals surface area (Å²) >= 11 is 0. The van der Waals surface area contributed by atoms with Crippen molar-refractivity contribution in [3.63, 3.8) is 0 Å². The summed E-state index contributed by atoms with van der Waals surface area (Å²) in [5, 5.41) is 11.2. The number of rotatable bonds is 10. The van der Waals surface area contributed by atoms with Gasteiger partial charge >= 0.3 is 5.97 Å². The molecule has 0 radical (unpaired) electrons. The van der Waals surface area contributed by atoms with Gasteiger partial charge in [0.1, 0.15) is 6.04 Å². The number of aliphatic carboxylic acids is 1. The summed E-state index contributed by atoms with van der Waals surface area (Å²) in [6.45, 7) is 1.79. The first-order valence-corrected chi connectivity index (χ1v) is 8.59. The Hall–Kier alpha value is -0.990. The predicted molar refractivity (Wildman–Crippen MR) is 78.8 cm³/mol. The third kappa shape index (κ3) is 7.54. The van der Waals surface area contributed by atoms with E-state index in [9.17, 15) is 19.0 Å². The molecule has 124 valence electrons. The monoisotopic (exact) mass is 324 g/mol. The molecule has 0 fully saturated rings. The minimum absolute atomic E-state index is 0.361. The lowest BCUT2D eigenvalue weighted by Crippen LogP contribution is -2.50. The largest absolute Gasteiger partial charge is 0.480 e. The fraction of sp³-hybridized carbons (Fsp3) is 0.818. The second kappa shape index (κ2) is 9.11. The van der Waals surface area contributed by atoms with E-state index in [1.165, 1.54) is 6.92 Å². The lowest BCUT2D eigenvalue weighted by molar-refractivity contribution is -0.141. The van der Waals surface area contributed by atoms with E-state index >= 15 is 0 Å². The number of carboxylic acids is 1. The van der Waals surface area contributed by atoms with Crippen molar-refractivity contribution in [2.75, 3.05) is 12.7 Å². The van der Waals surface area contributed by atoms with Crippen molar-refractivity contribution in [1.82, 2.24) is 5.32 Å². The topological polar surface area (TPSA) is 182 Å². The van der Waals surface area contributed by atoms with E-state index in [0.29, 0.717) is 25.8 Å². The molecule has 4 atom stereocenters. The summed E-state index contributed by atoms with van der Waals surface area (Å²) in [5.41, 5.74) is 16.3.